The lowest BCUT2D eigenvalue weighted by atomic mass is 10.0. The molecule has 0 aromatic heterocycles. The van der Waals surface area contributed by atoms with Crippen LogP contribution in [-0.4, -0.2) is 23.1 Å². The maximum Gasteiger partial charge on any atom is 0.306 e. The van der Waals surface area contributed by atoms with E-state index >= 15 is 0 Å². The van der Waals surface area contributed by atoms with Crippen LogP contribution < -0.4 is 0 Å². The SMILES string of the molecule is CCCCCCCCCCCCCCCCCCCCCC(=O)OC(CCC)CCCCCCCCCCCCCCCCCCCC(=O)O. The van der Waals surface area contributed by atoms with Crippen LogP contribution in [0.1, 0.15) is 277 Å². The third-order valence-corrected chi connectivity index (χ3v) is 10.8. The number of hydrogen-bond acceptors (Lipinski definition) is 3. The topological polar surface area (TPSA) is 63.6 Å². The first-order valence-corrected chi connectivity index (χ1v) is 23.0. The fraction of sp³-hybridized carbons (Fsp3) is 0.957. The zero-order valence-electron chi connectivity index (χ0n) is 34.2. The molecule has 0 saturated carbocycles. The molecule has 0 aliphatic rings. The van der Waals surface area contributed by atoms with Gasteiger partial charge in [0.15, 0.2) is 0 Å². The average Bonchev–Trinajstić information content (AvgIpc) is 3.10. The first-order valence-electron chi connectivity index (χ1n) is 23.0. The molecule has 298 valence electrons. The molecular formula is C46H90O4. The van der Waals surface area contributed by atoms with Gasteiger partial charge in [0.25, 0.3) is 0 Å². The second-order valence-corrected chi connectivity index (χ2v) is 16.0. The molecular weight excluding hydrogens is 617 g/mol. The van der Waals surface area contributed by atoms with Crippen molar-refractivity contribution in [1.82, 2.24) is 0 Å². The number of ether oxygens (including phenoxy) is 1. The molecule has 1 N–H and O–H groups in total. The van der Waals surface area contributed by atoms with Crippen molar-refractivity contribution in [2.45, 2.75) is 283 Å². The maximum absolute atomic E-state index is 12.5. The molecule has 4 nitrogen and oxygen atoms in total. The van der Waals surface area contributed by atoms with Gasteiger partial charge in [-0.3, -0.25) is 9.59 Å². The van der Waals surface area contributed by atoms with Crippen molar-refractivity contribution in [1.29, 1.82) is 0 Å². The number of carboxylic acids is 1. The second-order valence-electron chi connectivity index (χ2n) is 16.0. The third kappa shape index (κ3) is 41.4. The van der Waals surface area contributed by atoms with Crippen LogP contribution in [0.15, 0.2) is 0 Å². The predicted octanol–water partition coefficient (Wildman–Crippen LogP) is 16.0. The molecule has 0 radical (unpaired) electrons. The summed E-state index contributed by atoms with van der Waals surface area (Å²) < 4.78 is 5.91. The van der Waals surface area contributed by atoms with E-state index in [1.165, 1.54) is 212 Å². The summed E-state index contributed by atoms with van der Waals surface area (Å²) >= 11 is 0. The van der Waals surface area contributed by atoms with Gasteiger partial charge in [-0.2, -0.15) is 0 Å². The van der Waals surface area contributed by atoms with E-state index in [1.54, 1.807) is 0 Å². The van der Waals surface area contributed by atoms with Crippen molar-refractivity contribution in [3.05, 3.63) is 0 Å². The second kappa shape index (κ2) is 42.4. The Kier molecular flexibility index (Phi) is 41.5. The summed E-state index contributed by atoms with van der Waals surface area (Å²) in [5.41, 5.74) is 0. The smallest absolute Gasteiger partial charge is 0.306 e. The number of hydrogen-bond donors (Lipinski definition) is 1. The summed E-state index contributed by atoms with van der Waals surface area (Å²) in [7, 11) is 0. The molecule has 0 heterocycles. The summed E-state index contributed by atoms with van der Waals surface area (Å²) in [5.74, 6) is -0.618. The lowest BCUT2D eigenvalue weighted by Crippen LogP contribution is -2.18. The highest BCUT2D eigenvalue weighted by Gasteiger charge is 2.13. The zero-order chi connectivity index (χ0) is 36.4. The van der Waals surface area contributed by atoms with E-state index < -0.39 is 5.97 Å². The molecule has 0 aromatic carbocycles. The standard InChI is InChI=1S/C46H90O4/c1-3-5-6-7-8-9-10-11-12-13-14-18-21-24-27-30-33-36-39-43-46(49)50-44(40-4-2)41-37-34-31-28-25-22-19-16-15-17-20-23-26-29-32-35-38-42-45(47)48/h44H,3-43H2,1-2H3,(H,47,48). The molecule has 0 amide bonds. The van der Waals surface area contributed by atoms with Gasteiger partial charge in [-0.05, 0) is 32.1 Å². The van der Waals surface area contributed by atoms with Crippen LogP contribution in [0.25, 0.3) is 0 Å². The quantitative estimate of drug-likeness (QED) is 0.0506. The van der Waals surface area contributed by atoms with Crippen LogP contribution >= 0.6 is 0 Å². The van der Waals surface area contributed by atoms with Gasteiger partial charge < -0.3 is 9.84 Å². The van der Waals surface area contributed by atoms with E-state index in [-0.39, 0.29) is 12.1 Å². The molecule has 0 rings (SSSR count). The van der Waals surface area contributed by atoms with E-state index in [9.17, 15) is 9.59 Å². The summed E-state index contributed by atoms with van der Waals surface area (Å²) in [4.78, 5) is 23.0. The molecule has 0 aromatic rings. The summed E-state index contributed by atoms with van der Waals surface area (Å²) in [6.45, 7) is 4.50. The van der Waals surface area contributed by atoms with Crippen LogP contribution in [0, 0.1) is 0 Å². The van der Waals surface area contributed by atoms with E-state index in [4.69, 9.17) is 9.84 Å². The Morgan fingerprint density at radius 3 is 0.940 bits per heavy atom. The minimum Gasteiger partial charge on any atom is -0.481 e. The van der Waals surface area contributed by atoms with Crippen molar-refractivity contribution in [2.75, 3.05) is 0 Å². The maximum atomic E-state index is 12.5. The molecule has 0 aliphatic heterocycles. The monoisotopic (exact) mass is 707 g/mol. The molecule has 50 heavy (non-hydrogen) atoms. The van der Waals surface area contributed by atoms with Crippen molar-refractivity contribution in [2.24, 2.45) is 0 Å². The van der Waals surface area contributed by atoms with Gasteiger partial charge in [0.2, 0.25) is 0 Å². The van der Waals surface area contributed by atoms with Gasteiger partial charge in [-0.1, -0.05) is 232 Å². The van der Waals surface area contributed by atoms with E-state index in [0.29, 0.717) is 12.8 Å². The van der Waals surface area contributed by atoms with Crippen LogP contribution in [0.5, 0.6) is 0 Å². The first-order chi connectivity index (χ1) is 24.6. The lowest BCUT2D eigenvalue weighted by Gasteiger charge is -2.17. The molecule has 0 fully saturated rings. The Bertz CT molecular complexity index is 677. The molecule has 1 atom stereocenters. The highest BCUT2D eigenvalue weighted by Crippen LogP contribution is 2.19. The van der Waals surface area contributed by atoms with E-state index in [0.717, 1.165) is 38.5 Å². The zero-order valence-corrected chi connectivity index (χ0v) is 34.2. The van der Waals surface area contributed by atoms with Crippen LogP contribution in [0.3, 0.4) is 0 Å². The molecule has 0 saturated heterocycles. The minimum absolute atomic E-state index is 0.0420. The number of carbonyl (C=O) groups is 2. The van der Waals surface area contributed by atoms with Crippen LogP contribution in [-0.2, 0) is 14.3 Å². The molecule has 0 spiro atoms. The Balaban J connectivity index is 3.44. The van der Waals surface area contributed by atoms with E-state index in [2.05, 4.69) is 13.8 Å². The molecule has 1 unspecified atom stereocenters. The summed E-state index contributed by atoms with van der Waals surface area (Å²) in [6.07, 6.45) is 52.2. The van der Waals surface area contributed by atoms with Gasteiger partial charge in [-0.15, -0.1) is 0 Å². The normalized spacial score (nSPS) is 12.0. The highest BCUT2D eigenvalue weighted by atomic mass is 16.5. The molecule has 0 bridgehead atoms. The van der Waals surface area contributed by atoms with Gasteiger partial charge >= 0.3 is 11.9 Å². The van der Waals surface area contributed by atoms with Crippen LogP contribution in [0.2, 0.25) is 0 Å². The average molecular weight is 707 g/mol. The Hall–Kier alpha value is -1.06. The number of carboxylic acid groups (broad SMARTS) is 1. The van der Waals surface area contributed by atoms with Gasteiger partial charge in [0.1, 0.15) is 6.10 Å². The number of carbonyl (C=O) groups excluding carboxylic acids is 1. The summed E-state index contributed by atoms with van der Waals surface area (Å²) in [6, 6.07) is 0. The van der Waals surface area contributed by atoms with Gasteiger partial charge in [-0.25, -0.2) is 0 Å². The van der Waals surface area contributed by atoms with E-state index in [1.807, 2.05) is 0 Å². The molecule has 4 heteroatoms. The third-order valence-electron chi connectivity index (χ3n) is 10.8. The first kappa shape index (κ1) is 48.9. The van der Waals surface area contributed by atoms with Crippen molar-refractivity contribution in [3.8, 4) is 0 Å². The molecule has 0 aliphatic carbocycles. The fourth-order valence-electron chi connectivity index (χ4n) is 7.48. The Morgan fingerprint density at radius 1 is 0.360 bits per heavy atom. The Labute approximate surface area is 313 Å². The predicted molar refractivity (Wildman–Crippen MR) is 218 cm³/mol. The van der Waals surface area contributed by atoms with Gasteiger partial charge in [0, 0.05) is 12.8 Å². The number of rotatable bonds is 43. The fourth-order valence-corrected chi connectivity index (χ4v) is 7.48. The van der Waals surface area contributed by atoms with Gasteiger partial charge in [0.05, 0.1) is 0 Å². The summed E-state index contributed by atoms with van der Waals surface area (Å²) in [5, 5.41) is 8.67. The lowest BCUT2D eigenvalue weighted by molar-refractivity contribution is -0.150. The Morgan fingerprint density at radius 2 is 0.640 bits per heavy atom. The number of unbranched alkanes of at least 4 members (excludes halogenated alkanes) is 34. The van der Waals surface area contributed by atoms with Crippen molar-refractivity contribution < 1.29 is 19.4 Å². The number of esters is 1. The van der Waals surface area contributed by atoms with Crippen molar-refractivity contribution in [3.63, 3.8) is 0 Å². The number of aliphatic carboxylic acids is 1. The highest BCUT2D eigenvalue weighted by molar-refractivity contribution is 5.69. The largest absolute Gasteiger partial charge is 0.481 e. The minimum atomic E-state index is -0.660. The van der Waals surface area contributed by atoms with Crippen LogP contribution in [0.4, 0.5) is 0 Å². The van der Waals surface area contributed by atoms with Crippen molar-refractivity contribution >= 4 is 11.9 Å².